The minimum Gasteiger partial charge on any atom is -0.481 e. The fourth-order valence-electron chi connectivity index (χ4n) is 1.70. The van der Waals surface area contributed by atoms with Gasteiger partial charge in [-0.05, 0) is 31.0 Å². The molecule has 2 aromatic rings. The van der Waals surface area contributed by atoms with Gasteiger partial charge in [0.15, 0.2) is 18.2 Å². The quantitative estimate of drug-likeness (QED) is 0.894. The van der Waals surface area contributed by atoms with Gasteiger partial charge in [-0.15, -0.1) is 10.2 Å². The predicted molar refractivity (Wildman–Crippen MR) is 67.1 cm³/mol. The van der Waals surface area contributed by atoms with Crippen LogP contribution < -0.4 is 10.5 Å². The molecule has 0 saturated heterocycles. The third-order valence-electron chi connectivity index (χ3n) is 2.47. The summed E-state index contributed by atoms with van der Waals surface area (Å²) in [5.74, 6) is 0.501. The van der Waals surface area contributed by atoms with Gasteiger partial charge < -0.3 is 14.9 Å². The number of nitrogens with zero attached hydrogens (tertiary/aromatic N) is 2. The number of hydrogen-bond acceptors (Lipinski definition) is 5. The Bertz CT molecular complexity index is 555. The summed E-state index contributed by atoms with van der Waals surface area (Å²) in [6.45, 7) is 3.60. The van der Waals surface area contributed by atoms with Crippen molar-refractivity contribution in [1.29, 1.82) is 0 Å². The van der Waals surface area contributed by atoms with Gasteiger partial charge in [-0.25, -0.2) is 4.39 Å². The molecule has 0 radical (unpaired) electrons. The Kier molecular flexibility index (Phi) is 4.11. The summed E-state index contributed by atoms with van der Waals surface area (Å²) in [5.41, 5.74) is 6.51. The number of ether oxygens (including phenoxy) is 1. The second kappa shape index (κ2) is 5.79. The lowest BCUT2D eigenvalue weighted by Crippen LogP contribution is -2.17. The van der Waals surface area contributed by atoms with E-state index in [-0.39, 0.29) is 18.4 Å². The summed E-state index contributed by atoms with van der Waals surface area (Å²) >= 11 is 0. The second-order valence-electron chi connectivity index (χ2n) is 4.45. The zero-order valence-corrected chi connectivity index (χ0v) is 10.9. The van der Waals surface area contributed by atoms with E-state index in [1.807, 2.05) is 6.92 Å². The van der Waals surface area contributed by atoms with Crippen LogP contribution in [0.2, 0.25) is 0 Å². The van der Waals surface area contributed by atoms with Crippen molar-refractivity contribution in [1.82, 2.24) is 10.2 Å². The summed E-state index contributed by atoms with van der Waals surface area (Å²) in [4.78, 5) is 0. The van der Waals surface area contributed by atoms with Crippen molar-refractivity contribution in [3.8, 4) is 5.75 Å². The van der Waals surface area contributed by atoms with Gasteiger partial charge in [0, 0.05) is 13.0 Å². The Morgan fingerprint density at radius 2 is 2.21 bits per heavy atom. The Balaban J connectivity index is 2.00. The number of hydrogen-bond donors (Lipinski definition) is 1. The molecule has 1 heterocycles. The average Bonchev–Trinajstić information content (AvgIpc) is 2.73. The van der Waals surface area contributed by atoms with E-state index >= 15 is 0 Å². The van der Waals surface area contributed by atoms with Crippen LogP contribution in [0.15, 0.2) is 22.6 Å². The van der Waals surface area contributed by atoms with Gasteiger partial charge in [0.2, 0.25) is 5.89 Å². The first kappa shape index (κ1) is 13.5. The van der Waals surface area contributed by atoms with E-state index in [0.29, 0.717) is 18.2 Å². The third-order valence-corrected chi connectivity index (χ3v) is 2.47. The lowest BCUT2D eigenvalue weighted by Gasteiger charge is -2.08. The number of halogens is 1. The molecular weight excluding hydrogens is 249 g/mol. The Labute approximate surface area is 110 Å². The molecule has 1 aromatic heterocycles. The number of aromatic nitrogens is 2. The molecule has 19 heavy (non-hydrogen) atoms. The van der Waals surface area contributed by atoms with Gasteiger partial charge in [0.25, 0.3) is 5.89 Å². The van der Waals surface area contributed by atoms with Crippen LogP contribution in [0.4, 0.5) is 4.39 Å². The number of benzene rings is 1. The highest BCUT2D eigenvalue weighted by atomic mass is 19.1. The highest BCUT2D eigenvalue weighted by Gasteiger charge is 2.08. The normalized spacial score (nSPS) is 12.4. The Hall–Kier alpha value is -1.95. The van der Waals surface area contributed by atoms with Gasteiger partial charge in [-0.1, -0.05) is 6.07 Å². The molecule has 2 N–H and O–H groups in total. The van der Waals surface area contributed by atoms with Crippen LogP contribution in [0.1, 0.15) is 24.3 Å². The van der Waals surface area contributed by atoms with E-state index in [9.17, 15) is 4.39 Å². The van der Waals surface area contributed by atoms with Crippen LogP contribution in [-0.4, -0.2) is 16.2 Å². The minimum absolute atomic E-state index is 0.00691. The number of aryl methyl sites for hydroxylation is 1. The topological polar surface area (TPSA) is 74.2 Å². The van der Waals surface area contributed by atoms with Crippen molar-refractivity contribution in [3.63, 3.8) is 0 Å². The van der Waals surface area contributed by atoms with E-state index in [1.165, 1.54) is 6.07 Å². The standard InChI is InChI=1S/C13H16FN3O2/c1-8(15)5-10-3-4-12(11(14)6-10)18-7-13-17-16-9(2)19-13/h3-4,6,8H,5,7,15H2,1-2H3. The zero-order valence-electron chi connectivity index (χ0n) is 10.9. The van der Waals surface area contributed by atoms with Crippen molar-refractivity contribution in [2.24, 2.45) is 5.73 Å². The van der Waals surface area contributed by atoms with Crippen molar-refractivity contribution >= 4 is 0 Å². The molecule has 0 aliphatic heterocycles. The van der Waals surface area contributed by atoms with Crippen molar-refractivity contribution < 1.29 is 13.5 Å². The largest absolute Gasteiger partial charge is 0.481 e. The fourth-order valence-corrected chi connectivity index (χ4v) is 1.70. The van der Waals surface area contributed by atoms with Gasteiger partial charge in [-0.3, -0.25) is 0 Å². The average molecular weight is 265 g/mol. The number of nitrogens with two attached hydrogens (primary N) is 1. The molecule has 1 atom stereocenters. The van der Waals surface area contributed by atoms with Gasteiger partial charge >= 0.3 is 0 Å². The summed E-state index contributed by atoms with van der Waals surface area (Å²) in [5, 5.41) is 7.43. The molecule has 0 saturated carbocycles. The summed E-state index contributed by atoms with van der Waals surface area (Å²) in [6, 6.07) is 4.79. The summed E-state index contributed by atoms with van der Waals surface area (Å²) in [7, 11) is 0. The molecule has 0 spiro atoms. The van der Waals surface area contributed by atoms with E-state index in [0.717, 1.165) is 5.56 Å². The SMILES string of the molecule is Cc1nnc(COc2ccc(CC(C)N)cc2F)o1. The highest BCUT2D eigenvalue weighted by molar-refractivity contribution is 5.29. The van der Waals surface area contributed by atoms with Gasteiger partial charge in [0.05, 0.1) is 0 Å². The molecule has 0 fully saturated rings. The van der Waals surface area contributed by atoms with Crippen molar-refractivity contribution in [2.75, 3.05) is 0 Å². The smallest absolute Gasteiger partial charge is 0.253 e. The van der Waals surface area contributed by atoms with Crippen molar-refractivity contribution in [3.05, 3.63) is 41.4 Å². The molecular formula is C13H16FN3O2. The Morgan fingerprint density at radius 3 is 2.79 bits per heavy atom. The highest BCUT2D eigenvalue weighted by Crippen LogP contribution is 2.20. The third kappa shape index (κ3) is 3.75. The first-order chi connectivity index (χ1) is 9.04. The monoisotopic (exact) mass is 265 g/mol. The van der Waals surface area contributed by atoms with Crippen LogP contribution >= 0.6 is 0 Å². The second-order valence-corrected chi connectivity index (χ2v) is 4.45. The maximum atomic E-state index is 13.8. The van der Waals surface area contributed by atoms with Crippen LogP contribution in [0.5, 0.6) is 5.75 Å². The molecule has 0 aliphatic rings. The first-order valence-corrected chi connectivity index (χ1v) is 6.00. The Morgan fingerprint density at radius 1 is 1.42 bits per heavy atom. The maximum absolute atomic E-state index is 13.8. The van der Waals surface area contributed by atoms with Gasteiger partial charge in [-0.2, -0.15) is 0 Å². The van der Waals surface area contributed by atoms with Crippen LogP contribution in [-0.2, 0) is 13.0 Å². The first-order valence-electron chi connectivity index (χ1n) is 6.00. The number of rotatable bonds is 5. The van der Waals surface area contributed by atoms with Crippen molar-refractivity contribution in [2.45, 2.75) is 32.9 Å². The predicted octanol–water partition coefficient (Wildman–Crippen LogP) is 1.99. The van der Waals surface area contributed by atoms with E-state index in [2.05, 4.69) is 10.2 Å². The molecule has 0 aliphatic carbocycles. The molecule has 1 aromatic carbocycles. The molecule has 2 rings (SSSR count). The summed E-state index contributed by atoms with van der Waals surface area (Å²) in [6.07, 6.45) is 0.625. The van der Waals surface area contributed by atoms with Crippen LogP contribution in [0, 0.1) is 12.7 Å². The molecule has 0 amide bonds. The van der Waals surface area contributed by atoms with Crippen LogP contribution in [0.25, 0.3) is 0 Å². The zero-order chi connectivity index (χ0) is 13.8. The summed E-state index contributed by atoms with van der Waals surface area (Å²) < 4.78 is 24.2. The lowest BCUT2D eigenvalue weighted by atomic mass is 10.1. The molecule has 102 valence electrons. The van der Waals surface area contributed by atoms with E-state index in [1.54, 1.807) is 19.1 Å². The molecule has 6 heteroatoms. The maximum Gasteiger partial charge on any atom is 0.253 e. The molecule has 0 bridgehead atoms. The van der Waals surface area contributed by atoms with Crippen LogP contribution in [0.3, 0.4) is 0 Å². The molecule has 5 nitrogen and oxygen atoms in total. The fraction of sp³-hybridized carbons (Fsp3) is 0.385. The van der Waals surface area contributed by atoms with E-state index < -0.39 is 5.82 Å². The molecule has 1 unspecified atom stereocenters. The van der Waals surface area contributed by atoms with Gasteiger partial charge in [0.1, 0.15) is 0 Å². The lowest BCUT2D eigenvalue weighted by molar-refractivity contribution is 0.249. The van der Waals surface area contributed by atoms with E-state index in [4.69, 9.17) is 14.9 Å². The minimum atomic E-state index is -0.422.